The molecular weight excluding hydrogens is 268 g/mol. The molecule has 1 atom stereocenters. The number of hydrogen-bond donors (Lipinski definition) is 1. The van der Waals surface area contributed by atoms with Crippen molar-refractivity contribution in [3.8, 4) is 0 Å². The number of amides is 1. The van der Waals surface area contributed by atoms with Gasteiger partial charge in [0.1, 0.15) is 11.4 Å². The summed E-state index contributed by atoms with van der Waals surface area (Å²) >= 11 is 0. The van der Waals surface area contributed by atoms with Crippen LogP contribution in [-0.4, -0.2) is 39.7 Å². The highest BCUT2D eigenvalue weighted by atomic mass is 16.6. The van der Waals surface area contributed by atoms with Crippen molar-refractivity contribution < 1.29 is 9.53 Å². The third kappa shape index (κ3) is 4.14. The first-order valence-electron chi connectivity index (χ1n) is 7.42. The second kappa shape index (κ2) is 6.39. The Labute approximate surface area is 125 Å². The molecule has 116 valence electrons. The predicted molar refractivity (Wildman–Crippen MR) is 79.7 cm³/mol. The summed E-state index contributed by atoms with van der Waals surface area (Å²) < 4.78 is 5.47. The zero-order chi connectivity index (χ0) is 15.5. The molecule has 0 aliphatic carbocycles. The van der Waals surface area contributed by atoms with Crippen molar-refractivity contribution in [2.75, 3.05) is 13.1 Å². The lowest BCUT2D eigenvalue weighted by Gasteiger charge is -2.28. The van der Waals surface area contributed by atoms with Crippen LogP contribution in [0.5, 0.6) is 0 Å². The summed E-state index contributed by atoms with van der Waals surface area (Å²) in [6.07, 6.45) is 3.97. The molecule has 1 amide bonds. The smallest absolute Gasteiger partial charge is 0.410 e. The molecule has 1 aliphatic heterocycles. The van der Waals surface area contributed by atoms with E-state index >= 15 is 0 Å². The van der Waals surface area contributed by atoms with E-state index in [1.54, 1.807) is 11.1 Å². The first-order chi connectivity index (χ1) is 9.90. The van der Waals surface area contributed by atoms with E-state index < -0.39 is 5.60 Å². The van der Waals surface area contributed by atoms with Crippen LogP contribution < -0.4 is 5.73 Å². The summed E-state index contributed by atoms with van der Waals surface area (Å²) in [4.78, 5) is 22.8. The first-order valence-corrected chi connectivity index (χ1v) is 7.42. The van der Waals surface area contributed by atoms with Crippen LogP contribution in [0.2, 0.25) is 0 Å². The Morgan fingerprint density at radius 2 is 2.29 bits per heavy atom. The number of carbonyl (C=O) groups excluding carboxylic acids is 1. The van der Waals surface area contributed by atoms with Crippen LogP contribution in [0.4, 0.5) is 4.79 Å². The summed E-state index contributed by atoms with van der Waals surface area (Å²) in [5.41, 5.74) is 5.93. The second-order valence-electron chi connectivity index (χ2n) is 6.27. The van der Waals surface area contributed by atoms with Gasteiger partial charge >= 0.3 is 6.09 Å². The molecule has 2 heterocycles. The zero-order valence-corrected chi connectivity index (χ0v) is 13.0. The van der Waals surface area contributed by atoms with Crippen molar-refractivity contribution in [3.05, 3.63) is 23.8 Å². The third-order valence-corrected chi connectivity index (χ3v) is 3.32. The van der Waals surface area contributed by atoms with Gasteiger partial charge in [0.05, 0.1) is 11.7 Å². The SMILES string of the molecule is CC(C)(C)OC(=O)N1CCCC1c1ccnc(CCN)n1. The molecule has 1 aromatic rings. The van der Waals surface area contributed by atoms with Crippen LogP contribution in [0.1, 0.15) is 51.2 Å². The lowest BCUT2D eigenvalue weighted by molar-refractivity contribution is 0.0221. The standard InChI is InChI=1S/C15H24N4O2/c1-15(2,3)21-14(20)19-10-4-5-12(19)11-7-9-17-13(18-11)6-8-16/h7,9,12H,4-6,8,10,16H2,1-3H3. The average Bonchev–Trinajstić information content (AvgIpc) is 2.86. The van der Waals surface area contributed by atoms with E-state index in [0.717, 1.165) is 24.4 Å². The summed E-state index contributed by atoms with van der Waals surface area (Å²) in [6, 6.07) is 1.84. The van der Waals surface area contributed by atoms with Crippen LogP contribution in [0, 0.1) is 0 Å². The summed E-state index contributed by atoms with van der Waals surface area (Å²) in [6.45, 7) is 6.85. The lowest BCUT2D eigenvalue weighted by atomic mass is 10.1. The van der Waals surface area contributed by atoms with Gasteiger partial charge in [0.15, 0.2) is 0 Å². The quantitative estimate of drug-likeness (QED) is 0.922. The van der Waals surface area contributed by atoms with E-state index in [2.05, 4.69) is 9.97 Å². The fraction of sp³-hybridized carbons (Fsp3) is 0.667. The van der Waals surface area contributed by atoms with Gasteiger partial charge in [-0.15, -0.1) is 0 Å². The van der Waals surface area contributed by atoms with Crippen LogP contribution in [0.3, 0.4) is 0 Å². The normalized spacial score (nSPS) is 18.9. The van der Waals surface area contributed by atoms with Gasteiger partial charge in [0, 0.05) is 19.2 Å². The number of hydrogen-bond acceptors (Lipinski definition) is 5. The minimum atomic E-state index is -0.486. The monoisotopic (exact) mass is 292 g/mol. The predicted octanol–water partition coefficient (Wildman–Crippen LogP) is 2.05. The molecule has 0 aromatic carbocycles. The van der Waals surface area contributed by atoms with Crippen LogP contribution in [0.25, 0.3) is 0 Å². The molecule has 1 unspecified atom stereocenters. The maximum Gasteiger partial charge on any atom is 0.410 e. The number of likely N-dealkylation sites (tertiary alicyclic amines) is 1. The Bertz CT molecular complexity index is 499. The maximum absolute atomic E-state index is 12.3. The van der Waals surface area contributed by atoms with Crippen molar-refractivity contribution >= 4 is 6.09 Å². The maximum atomic E-state index is 12.3. The van der Waals surface area contributed by atoms with E-state index in [9.17, 15) is 4.79 Å². The molecule has 1 aliphatic rings. The Morgan fingerprint density at radius 1 is 1.52 bits per heavy atom. The molecule has 0 bridgehead atoms. The molecule has 6 heteroatoms. The molecule has 21 heavy (non-hydrogen) atoms. The number of aromatic nitrogens is 2. The van der Waals surface area contributed by atoms with Crippen LogP contribution in [0.15, 0.2) is 12.3 Å². The van der Waals surface area contributed by atoms with Crippen molar-refractivity contribution in [3.63, 3.8) is 0 Å². The fourth-order valence-electron chi connectivity index (χ4n) is 2.46. The Balaban J connectivity index is 2.14. The van der Waals surface area contributed by atoms with Gasteiger partial charge in [0.2, 0.25) is 0 Å². The van der Waals surface area contributed by atoms with Gasteiger partial charge in [-0.2, -0.15) is 0 Å². The summed E-state index contributed by atoms with van der Waals surface area (Å²) in [5, 5.41) is 0. The second-order valence-corrected chi connectivity index (χ2v) is 6.27. The number of rotatable bonds is 3. The molecule has 1 fully saturated rings. The average molecular weight is 292 g/mol. The van der Waals surface area contributed by atoms with Gasteiger partial charge in [-0.1, -0.05) is 0 Å². The van der Waals surface area contributed by atoms with E-state index in [-0.39, 0.29) is 12.1 Å². The molecule has 0 radical (unpaired) electrons. The topological polar surface area (TPSA) is 81.3 Å². The number of ether oxygens (including phenoxy) is 1. The molecule has 6 nitrogen and oxygen atoms in total. The Morgan fingerprint density at radius 3 is 2.95 bits per heavy atom. The largest absolute Gasteiger partial charge is 0.444 e. The van der Waals surface area contributed by atoms with Crippen LogP contribution >= 0.6 is 0 Å². The lowest BCUT2D eigenvalue weighted by Crippen LogP contribution is -2.36. The van der Waals surface area contributed by atoms with Crippen LogP contribution in [-0.2, 0) is 11.2 Å². The molecule has 2 N–H and O–H groups in total. The summed E-state index contributed by atoms with van der Waals surface area (Å²) in [5.74, 6) is 0.728. The minimum Gasteiger partial charge on any atom is -0.444 e. The van der Waals surface area contributed by atoms with Gasteiger partial charge in [-0.3, -0.25) is 4.90 Å². The number of carbonyl (C=O) groups is 1. The highest BCUT2D eigenvalue weighted by molar-refractivity contribution is 5.69. The molecule has 2 rings (SSSR count). The number of nitrogens with two attached hydrogens (primary N) is 1. The zero-order valence-electron chi connectivity index (χ0n) is 13.0. The molecule has 1 aromatic heterocycles. The third-order valence-electron chi connectivity index (χ3n) is 3.32. The van der Waals surface area contributed by atoms with Gasteiger partial charge in [-0.05, 0) is 46.2 Å². The summed E-state index contributed by atoms with van der Waals surface area (Å²) in [7, 11) is 0. The minimum absolute atomic E-state index is 0.0284. The number of nitrogens with zero attached hydrogens (tertiary/aromatic N) is 3. The van der Waals surface area contributed by atoms with E-state index in [1.807, 2.05) is 26.8 Å². The van der Waals surface area contributed by atoms with Crippen molar-refractivity contribution in [2.45, 2.75) is 51.7 Å². The highest BCUT2D eigenvalue weighted by Crippen LogP contribution is 2.32. The Hall–Kier alpha value is -1.69. The Kier molecular flexibility index (Phi) is 4.77. The van der Waals surface area contributed by atoms with E-state index in [1.165, 1.54) is 0 Å². The van der Waals surface area contributed by atoms with Crippen molar-refractivity contribution in [2.24, 2.45) is 5.73 Å². The molecule has 1 saturated heterocycles. The van der Waals surface area contributed by atoms with Crippen molar-refractivity contribution in [1.82, 2.24) is 14.9 Å². The van der Waals surface area contributed by atoms with E-state index in [0.29, 0.717) is 19.5 Å². The van der Waals surface area contributed by atoms with Gasteiger partial charge in [0.25, 0.3) is 0 Å². The van der Waals surface area contributed by atoms with E-state index in [4.69, 9.17) is 10.5 Å². The van der Waals surface area contributed by atoms with Gasteiger partial charge < -0.3 is 10.5 Å². The fourth-order valence-corrected chi connectivity index (χ4v) is 2.46. The molecule has 0 saturated carbocycles. The van der Waals surface area contributed by atoms with Crippen molar-refractivity contribution in [1.29, 1.82) is 0 Å². The molecular formula is C15H24N4O2. The van der Waals surface area contributed by atoms with Gasteiger partial charge in [-0.25, -0.2) is 14.8 Å². The first kappa shape index (κ1) is 15.7. The molecule has 0 spiro atoms. The highest BCUT2D eigenvalue weighted by Gasteiger charge is 2.34.